The second-order valence-corrected chi connectivity index (χ2v) is 5.08. The standard InChI is InChI=1S/C15H16BrNO/c1-3-6-13(17-9-4-2)14-10-11-7-5-8-12(16)15(11)18-14/h1,5,7-8,10,13,17H,4,6,9H2,2H3. The largest absolute Gasteiger partial charge is 0.458 e. The number of terminal acetylenes is 1. The molecule has 0 fully saturated rings. The minimum Gasteiger partial charge on any atom is -0.458 e. The van der Waals surface area contributed by atoms with E-state index in [1.807, 2.05) is 18.2 Å². The molecule has 2 nitrogen and oxygen atoms in total. The molecule has 0 amide bonds. The number of halogens is 1. The van der Waals surface area contributed by atoms with Gasteiger partial charge in [0.1, 0.15) is 11.3 Å². The topological polar surface area (TPSA) is 25.2 Å². The van der Waals surface area contributed by atoms with Crippen LogP contribution in [-0.4, -0.2) is 6.54 Å². The van der Waals surface area contributed by atoms with Crippen LogP contribution in [0, 0.1) is 12.3 Å². The van der Waals surface area contributed by atoms with Gasteiger partial charge in [0.25, 0.3) is 0 Å². The van der Waals surface area contributed by atoms with Gasteiger partial charge < -0.3 is 9.73 Å². The van der Waals surface area contributed by atoms with Crippen molar-refractivity contribution < 1.29 is 4.42 Å². The molecule has 18 heavy (non-hydrogen) atoms. The van der Waals surface area contributed by atoms with E-state index in [4.69, 9.17) is 10.8 Å². The van der Waals surface area contributed by atoms with E-state index in [9.17, 15) is 0 Å². The first-order valence-electron chi connectivity index (χ1n) is 6.11. The van der Waals surface area contributed by atoms with Gasteiger partial charge in [-0.1, -0.05) is 19.1 Å². The monoisotopic (exact) mass is 305 g/mol. The number of nitrogens with one attached hydrogen (secondary N) is 1. The van der Waals surface area contributed by atoms with Crippen LogP contribution in [0.15, 0.2) is 33.2 Å². The highest BCUT2D eigenvalue weighted by molar-refractivity contribution is 9.10. The Morgan fingerprint density at radius 2 is 2.33 bits per heavy atom. The van der Waals surface area contributed by atoms with Crippen molar-refractivity contribution in [3.05, 3.63) is 34.5 Å². The average molecular weight is 306 g/mol. The minimum absolute atomic E-state index is 0.0919. The molecule has 0 aliphatic heterocycles. The molecule has 0 spiro atoms. The lowest BCUT2D eigenvalue weighted by atomic mass is 10.1. The molecular weight excluding hydrogens is 290 g/mol. The SMILES string of the molecule is C#CCC(NCCC)c1cc2cccc(Br)c2o1. The second kappa shape index (κ2) is 6.08. The molecule has 1 N–H and O–H groups in total. The van der Waals surface area contributed by atoms with Crippen molar-refractivity contribution in [1.29, 1.82) is 0 Å². The molecule has 2 rings (SSSR count). The number of fused-ring (bicyclic) bond motifs is 1. The summed E-state index contributed by atoms with van der Waals surface area (Å²) >= 11 is 3.50. The zero-order chi connectivity index (χ0) is 13.0. The van der Waals surface area contributed by atoms with Crippen LogP contribution >= 0.6 is 15.9 Å². The molecule has 1 atom stereocenters. The molecule has 1 aromatic heterocycles. The van der Waals surface area contributed by atoms with Gasteiger partial charge in [0, 0.05) is 11.8 Å². The molecule has 1 aromatic carbocycles. The van der Waals surface area contributed by atoms with E-state index < -0.39 is 0 Å². The number of rotatable bonds is 5. The van der Waals surface area contributed by atoms with Crippen LogP contribution in [0.2, 0.25) is 0 Å². The highest BCUT2D eigenvalue weighted by atomic mass is 79.9. The van der Waals surface area contributed by atoms with Crippen molar-refractivity contribution in [3.8, 4) is 12.3 Å². The maximum Gasteiger partial charge on any atom is 0.148 e. The van der Waals surface area contributed by atoms with E-state index in [2.05, 4.69) is 40.2 Å². The Morgan fingerprint density at radius 1 is 1.50 bits per heavy atom. The van der Waals surface area contributed by atoms with E-state index in [1.54, 1.807) is 0 Å². The lowest BCUT2D eigenvalue weighted by Crippen LogP contribution is -2.21. The van der Waals surface area contributed by atoms with Gasteiger partial charge in [-0.05, 0) is 41.0 Å². The predicted octanol–water partition coefficient (Wildman–Crippen LogP) is 4.26. The molecule has 3 heteroatoms. The van der Waals surface area contributed by atoms with Gasteiger partial charge in [-0.2, -0.15) is 0 Å². The number of hydrogen-bond donors (Lipinski definition) is 1. The number of furan rings is 1. The van der Waals surface area contributed by atoms with Gasteiger partial charge in [0.05, 0.1) is 10.5 Å². The summed E-state index contributed by atoms with van der Waals surface area (Å²) in [6.07, 6.45) is 7.13. The first-order valence-corrected chi connectivity index (χ1v) is 6.90. The van der Waals surface area contributed by atoms with Crippen LogP contribution in [0.4, 0.5) is 0 Å². The van der Waals surface area contributed by atoms with Crippen molar-refractivity contribution in [2.24, 2.45) is 0 Å². The lowest BCUT2D eigenvalue weighted by Gasteiger charge is -2.12. The molecule has 0 saturated heterocycles. The van der Waals surface area contributed by atoms with Gasteiger partial charge in [-0.3, -0.25) is 0 Å². The summed E-state index contributed by atoms with van der Waals surface area (Å²) in [7, 11) is 0. The molecule has 0 aliphatic rings. The average Bonchev–Trinajstić information content (AvgIpc) is 2.80. The van der Waals surface area contributed by atoms with Crippen LogP contribution in [0.25, 0.3) is 11.0 Å². The smallest absolute Gasteiger partial charge is 0.148 e. The third kappa shape index (κ3) is 2.77. The van der Waals surface area contributed by atoms with Gasteiger partial charge in [-0.25, -0.2) is 0 Å². The lowest BCUT2D eigenvalue weighted by molar-refractivity contribution is 0.434. The summed E-state index contributed by atoms with van der Waals surface area (Å²) in [4.78, 5) is 0. The fourth-order valence-corrected chi connectivity index (χ4v) is 2.39. The maximum absolute atomic E-state index is 5.91. The van der Waals surface area contributed by atoms with E-state index in [-0.39, 0.29) is 6.04 Å². The molecule has 2 aromatic rings. The van der Waals surface area contributed by atoms with E-state index in [1.165, 1.54) is 0 Å². The maximum atomic E-state index is 5.91. The summed E-state index contributed by atoms with van der Waals surface area (Å²) in [5, 5.41) is 4.51. The summed E-state index contributed by atoms with van der Waals surface area (Å²) in [6, 6.07) is 8.17. The Hall–Kier alpha value is -1.24. The minimum atomic E-state index is 0.0919. The fourth-order valence-electron chi connectivity index (χ4n) is 1.93. The third-order valence-corrected chi connectivity index (χ3v) is 3.45. The molecule has 1 unspecified atom stereocenters. The van der Waals surface area contributed by atoms with Crippen LogP contribution < -0.4 is 5.32 Å². The highest BCUT2D eigenvalue weighted by Gasteiger charge is 2.15. The molecule has 0 saturated carbocycles. The normalized spacial score (nSPS) is 12.5. The summed E-state index contributed by atoms with van der Waals surface area (Å²) in [5.41, 5.74) is 0.882. The Labute approximate surface area is 116 Å². The first-order chi connectivity index (χ1) is 8.76. The second-order valence-electron chi connectivity index (χ2n) is 4.22. The zero-order valence-corrected chi connectivity index (χ0v) is 12.0. The molecule has 94 valence electrons. The van der Waals surface area contributed by atoms with Crippen LogP contribution in [0.1, 0.15) is 31.6 Å². The third-order valence-electron chi connectivity index (χ3n) is 2.82. The van der Waals surface area contributed by atoms with Crippen molar-refractivity contribution in [2.45, 2.75) is 25.8 Å². The summed E-state index contributed by atoms with van der Waals surface area (Å²) in [6.45, 7) is 3.07. The van der Waals surface area contributed by atoms with E-state index in [0.29, 0.717) is 6.42 Å². The molecule has 0 aliphatic carbocycles. The Balaban J connectivity index is 2.32. The predicted molar refractivity (Wildman–Crippen MR) is 78.4 cm³/mol. The van der Waals surface area contributed by atoms with Crippen molar-refractivity contribution in [2.75, 3.05) is 6.54 Å². The zero-order valence-electron chi connectivity index (χ0n) is 10.4. The summed E-state index contributed by atoms with van der Waals surface area (Å²) in [5.74, 6) is 3.61. The fraction of sp³-hybridized carbons (Fsp3) is 0.333. The van der Waals surface area contributed by atoms with Gasteiger partial charge in [0.15, 0.2) is 0 Å². The van der Waals surface area contributed by atoms with Crippen molar-refractivity contribution >= 4 is 26.9 Å². The Bertz CT molecular complexity index is 567. The van der Waals surface area contributed by atoms with Crippen LogP contribution in [0.5, 0.6) is 0 Å². The number of benzene rings is 1. The molecule has 0 bridgehead atoms. The first kappa shape index (κ1) is 13.2. The van der Waals surface area contributed by atoms with E-state index in [0.717, 1.165) is 34.2 Å². The van der Waals surface area contributed by atoms with Crippen molar-refractivity contribution in [3.63, 3.8) is 0 Å². The Morgan fingerprint density at radius 3 is 3.00 bits per heavy atom. The molecular formula is C15H16BrNO. The van der Waals surface area contributed by atoms with E-state index >= 15 is 0 Å². The number of para-hydroxylation sites is 1. The van der Waals surface area contributed by atoms with Crippen LogP contribution in [0.3, 0.4) is 0 Å². The highest BCUT2D eigenvalue weighted by Crippen LogP contribution is 2.30. The molecule has 1 heterocycles. The van der Waals surface area contributed by atoms with Crippen molar-refractivity contribution in [1.82, 2.24) is 5.32 Å². The Kier molecular flexibility index (Phi) is 4.46. The summed E-state index contributed by atoms with van der Waals surface area (Å²) < 4.78 is 6.88. The van der Waals surface area contributed by atoms with Gasteiger partial charge in [-0.15, -0.1) is 12.3 Å². The molecule has 0 radical (unpaired) electrons. The number of hydrogen-bond acceptors (Lipinski definition) is 2. The van der Waals surface area contributed by atoms with Gasteiger partial charge >= 0.3 is 0 Å². The van der Waals surface area contributed by atoms with Gasteiger partial charge in [0.2, 0.25) is 0 Å². The quantitative estimate of drug-likeness (QED) is 0.835. The van der Waals surface area contributed by atoms with Crippen LogP contribution in [-0.2, 0) is 0 Å².